The summed E-state index contributed by atoms with van der Waals surface area (Å²) in [7, 11) is 0. The topological polar surface area (TPSA) is 0 Å². The first-order chi connectivity index (χ1) is 4.70. The Bertz CT molecular complexity index is 86.2. The molecule has 12 heavy (non-hydrogen) atoms. The zero-order valence-corrected chi connectivity index (χ0v) is 7.56. The van der Waals surface area contributed by atoms with E-state index < -0.39 is 0 Å². The summed E-state index contributed by atoms with van der Waals surface area (Å²) in [6.45, 7) is 7.11. The number of rotatable bonds is 1. The van der Waals surface area contributed by atoms with Crippen LogP contribution in [0, 0.1) is 17.8 Å². The molecule has 0 bridgehead atoms. The third-order valence-electron chi connectivity index (χ3n) is 3.00. The number of hydrogen-bond acceptors (Lipinski definition) is 0. The molecule has 0 aromatic rings. The maximum atomic E-state index is 2.39. The van der Waals surface area contributed by atoms with E-state index in [9.17, 15) is 0 Å². The lowest BCUT2D eigenvalue weighted by atomic mass is 9.78. The lowest BCUT2D eigenvalue weighted by Crippen LogP contribution is -2.16. The van der Waals surface area contributed by atoms with Crippen LogP contribution in [0.2, 0.25) is 0 Å². The van der Waals surface area contributed by atoms with Crippen LogP contribution in [0.1, 0.15) is 61.3 Å². The molecule has 1 rings (SSSR count). The molecule has 0 aromatic carbocycles. The minimum atomic E-state index is 0. The van der Waals surface area contributed by atoms with Crippen LogP contribution in [0.25, 0.3) is 0 Å². The van der Waals surface area contributed by atoms with Gasteiger partial charge in [-0.25, -0.2) is 0 Å². The maximum absolute atomic E-state index is 2.39. The predicted molar refractivity (Wildman–Crippen MR) is 59.4 cm³/mol. The van der Waals surface area contributed by atoms with Gasteiger partial charge in [0.05, 0.1) is 0 Å². The monoisotopic (exact) mass is 172 g/mol. The van der Waals surface area contributed by atoms with Gasteiger partial charge in [-0.05, 0) is 30.6 Å². The van der Waals surface area contributed by atoms with Crippen LogP contribution in [0.3, 0.4) is 0 Å². The van der Waals surface area contributed by atoms with Crippen molar-refractivity contribution in [2.45, 2.75) is 61.3 Å². The van der Waals surface area contributed by atoms with Crippen molar-refractivity contribution in [1.82, 2.24) is 0 Å². The molecule has 0 nitrogen and oxygen atoms in total. The Morgan fingerprint density at radius 2 is 1.33 bits per heavy atom. The highest BCUT2D eigenvalue weighted by molar-refractivity contribution is 4.71. The fourth-order valence-corrected chi connectivity index (χ4v) is 1.95. The Labute approximate surface area is 79.8 Å². The molecule has 0 unspecified atom stereocenters. The highest BCUT2D eigenvalue weighted by Crippen LogP contribution is 2.32. The summed E-state index contributed by atoms with van der Waals surface area (Å²) in [4.78, 5) is 0. The minimum Gasteiger partial charge on any atom is -0.0776 e. The molecule has 1 fully saturated rings. The molecule has 1 aliphatic rings. The lowest BCUT2D eigenvalue weighted by molar-refractivity contribution is 0.234. The maximum Gasteiger partial charge on any atom is -0.0391 e. The average Bonchev–Trinajstić information content (AvgIpc) is 1.88. The van der Waals surface area contributed by atoms with E-state index in [1.807, 2.05) is 0 Å². The molecule has 0 radical (unpaired) electrons. The SMILES string of the molecule is C.C.CC1CCC(C(C)C)CC1. The second-order valence-corrected chi connectivity index (χ2v) is 4.26. The summed E-state index contributed by atoms with van der Waals surface area (Å²) < 4.78 is 0. The van der Waals surface area contributed by atoms with Crippen LogP contribution in [0.5, 0.6) is 0 Å². The summed E-state index contributed by atoms with van der Waals surface area (Å²) in [5, 5.41) is 0. The molecular weight excluding hydrogens is 144 g/mol. The molecule has 1 saturated carbocycles. The van der Waals surface area contributed by atoms with Gasteiger partial charge < -0.3 is 0 Å². The van der Waals surface area contributed by atoms with E-state index in [2.05, 4.69) is 20.8 Å². The average molecular weight is 172 g/mol. The van der Waals surface area contributed by atoms with Gasteiger partial charge in [0.25, 0.3) is 0 Å². The zero-order valence-electron chi connectivity index (χ0n) is 7.56. The standard InChI is InChI=1S/C10H20.2CH4/c1-8(2)10-6-4-9(3)5-7-10;;/h8-10H,4-7H2,1-3H3;2*1H4. The molecule has 1 aliphatic carbocycles. The minimum absolute atomic E-state index is 0. The first-order valence-electron chi connectivity index (χ1n) is 4.70. The Kier molecular flexibility index (Phi) is 7.88. The van der Waals surface area contributed by atoms with Gasteiger partial charge in [-0.1, -0.05) is 48.5 Å². The lowest BCUT2D eigenvalue weighted by Gasteiger charge is -2.28. The smallest absolute Gasteiger partial charge is 0.0391 e. The van der Waals surface area contributed by atoms with Crippen LogP contribution >= 0.6 is 0 Å². The van der Waals surface area contributed by atoms with Gasteiger partial charge in [-0.3, -0.25) is 0 Å². The van der Waals surface area contributed by atoms with Crippen LogP contribution in [0.4, 0.5) is 0 Å². The van der Waals surface area contributed by atoms with E-state index in [0.717, 1.165) is 17.8 Å². The van der Waals surface area contributed by atoms with Crippen LogP contribution in [-0.4, -0.2) is 0 Å². The van der Waals surface area contributed by atoms with Crippen molar-refractivity contribution in [2.24, 2.45) is 17.8 Å². The number of hydrogen-bond donors (Lipinski definition) is 0. The van der Waals surface area contributed by atoms with E-state index in [4.69, 9.17) is 0 Å². The first kappa shape index (κ1) is 14.5. The Morgan fingerprint density at radius 1 is 0.917 bits per heavy atom. The van der Waals surface area contributed by atoms with Crippen molar-refractivity contribution in [2.75, 3.05) is 0 Å². The van der Waals surface area contributed by atoms with Gasteiger partial charge in [0.1, 0.15) is 0 Å². The highest BCUT2D eigenvalue weighted by Gasteiger charge is 2.19. The second-order valence-electron chi connectivity index (χ2n) is 4.26. The van der Waals surface area contributed by atoms with Gasteiger partial charge in [-0.2, -0.15) is 0 Å². The van der Waals surface area contributed by atoms with Gasteiger partial charge in [0.2, 0.25) is 0 Å². The van der Waals surface area contributed by atoms with Gasteiger partial charge in [0.15, 0.2) is 0 Å². The molecule has 0 heterocycles. The van der Waals surface area contributed by atoms with Crippen LogP contribution < -0.4 is 0 Å². The molecule has 0 heteroatoms. The molecule has 0 amide bonds. The summed E-state index contributed by atoms with van der Waals surface area (Å²) in [6, 6.07) is 0. The highest BCUT2D eigenvalue weighted by atomic mass is 14.3. The molecule has 0 saturated heterocycles. The summed E-state index contributed by atoms with van der Waals surface area (Å²) in [5.74, 6) is 2.97. The quantitative estimate of drug-likeness (QED) is 0.536. The molecule has 0 aromatic heterocycles. The summed E-state index contributed by atoms with van der Waals surface area (Å²) in [6.07, 6.45) is 5.92. The fourth-order valence-electron chi connectivity index (χ4n) is 1.95. The molecule has 0 atom stereocenters. The van der Waals surface area contributed by atoms with Crippen molar-refractivity contribution in [3.05, 3.63) is 0 Å². The Balaban J connectivity index is 0. The molecule has 76 valence electrons. The van der Waals surface area contributed by atoms with E-state index in [1.165, 1.54) is 25.7 Å². The first-order valence-corrected chi connectivity index (χ1v) is 4.70. The largest absolute Gasteiger partial charge is 0.0776 e. The van der Waals surface area contributed by atoms with E-state index in [-0.39, 0.29) is 14.9 Å². The molecule has 0 aliphatic heterocycles. The van der Waals surface area contributed by atoms with E-state index in [1.54, 1.807) is 0 Å². The van der Waals surface area contributed by atoms with Crippen molar-refractivity contribution < 1.29 is 0 Å². The zero-order chi connectivity index (χ0) is 7.56. The van der Waals surface area contributed by atoms with Gasteiger partial charge in [-0.15, -0.1) is 0 Å². The van der Waals surface area contributed by atoms with Crippen LogP contribution in [0.15, 0.2) is 0 Å². The summed E-state index contributed by atoms with van der Waals surface area (Å²) in [5.41, 5.74) is 0. The van der Waals surface area contributed by atoms with Crippen molar-refractivity contribution in [3.63, 3.8) is 0 Å². The van der Waals surface area contributed by atoms with Gasteiger partial charge >= 0.3 is 0 Å². The van der Waals surface area contributed by atoms with Gasteiger partial charge in [0, 0.05) is 0 Å². The van der Waals surface area contributed by atoms with E-state index >= 15 is 0 Å². The summed E-state index contributed by atoms with van der Waals surface area (Å²) >= 11 is 0. The molecular formula is C12H28. The normalized spacial score (nSPS) is 29.0. The molecule has 0 spiro atoms. The van der Waals surface area contributed by atoms with E-state index in [0.29, 0.717) is 0 Å². The predicted octanol–water partition coefficient (Wildman–Crippen LogP) is 4.74. The van der Waals surface area contributed by atoms with Crippen molar-refractivity contribution >= 4 is 0 Å². The van der Waals surface area contributed by atoms with Crippen LogP contribution in [-0.2, 0) is 0 Å². The van der Waals surface area contributed by atoms with Crippen molar-refractivity contribution in [3.8, 4) is 0 Å². The Hall–Kier alpha value is 0. The third kappa shape index (κ3) is 4.13. The van der Waals surface area contributed by atoms with Crippen molar-refractivity contribution in [1.29, 1.82) is 0 Å². The fraction of sp³-hybridized carbons (Fsp3) is 1.00. The molecule has 0 N–H and O–H groups in total. The second kappa shape index (κ2) is 6.51. The third-order valence-corrected chi connectivity index (χ3v) is 3.00. The Morgan fingerprint density at radius 3 is 1.67 bits per heavy atom.